The first-order chi connectivity index (χ1) is 12.5. The van der Waals surface area contributed by atoms with E-state index in [4.69, 9.17) is 14.6 Å². The lowest BCUT2D eigenvalue weighted by atomic mass is 10.1. The molecule has 0 aliphatic heterocycles. The molecule has 0 saturated carbocycles. The van der Waals surface area contributed by atoms with Crippen molar-refractivity contribution in [1.29, 1.82) is 0 Å². The van der Waals surface area contributed by atoms with Gasteiger partial charge in [0.05, 0.1) is 17.2 Å². The van der Waals surface area contributed by atoms with Crippen molar-refractivity contribution in [3.05, 3.63) is 54.2 Å². The van der Waals surface area contributed by atoms with E-state index in [2.05, 4.69) is 23.0 Å². The van der Waals surface area contributed by atoms with Crippen LogP contribution in [0.1, 0.15) is 25.8 Å². The van der Waals surface area contributed by atoms with E-state index in [-0.39, 0.29) is 0 Å². The highest BCUT2D eigenvalue weighted by atomic mass is 16.5. The van der Waals surface area contributed by atoms with Gasteiger partial charge >= 0.3 is 5.97 Å². The van der Waals surface area contributed by atoms with Crippen molar-refractivity contribution in [2.45, 2.75) is 32.8 Å². The second-order valence-electron chi connectivity index (χ2n) is 5.95. The molecule has 0 saturated heterocycles. The third-order valence-electron chi connectivity index (χ3n) is 3.83. The van der Waals surface area contributed by atoms with Crippen molar-refractivity contribution in [3.63, 3.8) is 0 Å². The van der Waals surface area contributed by atoms with Crippen molar-refractivity contribution < 1.29 is 19.4 Å². The number of ether oxygens (including phenoxy) is 2. The maximum atomic E-state index is 10.8. The molecule has 1 unspecified atom stereocenters. The zero-order valence-corrected chi connectivity index (χ0v) is 14.7. The van der Waals surface area contributed by atoms with E-state index in [1.807, 2.05) is 12.1 Å². The summed E-state index contributed by atoms with van der Waals surface area (Å²) >= 11 is 0. The molecular formula is C20H20N2O4. The second kappa shape index (κ2) is 7.82. The largest absolute Gasteiger partial charge is 0.479 e. The summed E-state index contributed by atoms with van der Waals surface area (Å²) in [5, 5.41) is 8.86. The van der Waals surface area contributed by atoms with Gasteiger partial charge in [-0.05, 0) is 55.3 Å². The van der Waals surface area contributed by atoms with Crippen molar-refractivity contribution >= 4 is 17.0 Å². The van der Waals surface area contributed by atoms with E-state index in [9.17, 15) is 4.79 Å². The summed E-state index contributed by atoms with van der Waals surface area (Å²) in [4.78, 5) is 19.7. The number of fused-ring (bicyclic) bond motifs is 1. The van der Waals surface area contributed by atoms with E-state index >= 15 is 0 Å². The molecule has 1 N–H and O–H groups in total. The molecule has 6 heteroatoms. The first kappa shape index (κ1) is 17.7. The minimum absolute atomic E-state index is 0.397. The van der Waals surface area contributed by atoms with E-state index in [0.29, 0.717) is 17.4 Å². The van der Waals surface area contributed by atoms with Crippen LogP contribution < -0.4 is 9.47 Å². The number of aromatic nitrogens is 2. The van der Waals surface area contributed by atoms with Gasteiger partial charge in [0, 0.05) is 0 Å². The maximum Gasteiger partial charge on any atom is 0.344 e. The molecule has 2 aromatic carbocycles. The lowest BCUT2D eigenvalue weighted by Crippen LogP contribution is -2.22. The molecule has 0 amide bonds. The molecule has 1 aromatic heterocycles. The van der Waals surface area contributed by atoms with Crippen LogP contribution in [0.5, 0.6) is 17.4 Å². The molecule has 3 aromatic rings. The number of benzene rings is 2. The molecule has 1 atom stereocenters. The molecule has 0 aliphatic carbocycles. The van der Waals surface area contributed by atoms with Gasteiger partial charge in [-0.2, -0.15) is 0 Å². The number of rotatable bonds is 7. The standard InChI is InChI=1S/C20H20N2O4/c1-3-4-14-5-10-17-18(11-14)21-12-19(22-17)26-16-8-6-15(7-9-16)25-13(2)20(23)24/h5-13H,3-4H2,1-2H3,(H,23,24). The van der Waals surface area contributed by atoms with Gasteiger partial charge in [-0.3, -0.25) is 0 Å². The quantitative estimate of drug-likeness (QED) is 0.685. The van der Waals surface area contributed by atoms with E-state index < -0.39 is 12.1 Å². The Labute approximate surface area is 151 Å². The zero-order chi connectivity index (χ0) is 18.5. The average Bonchev–Trinajstić information content (AvgIpc) is 2.63. The second-order valence-corrected chi connectivity index (χ2v) is 5.95. The molecule has 0 spiro atoms. The van der Waals surface area contributed by atoms with Crippen LogP contribution in [0.3, 0.4) is 0 Å². The van der Waals surface area contributed by atoms with Crippen LogP contribution in [-0.2, 0) is 11.2 Å². The highest BCUT2D eigenvalue weighted by Crippen LogP contribution is 2.24. The molecular weight excluding hydrogens is 332 g/mol. The summed E-state index contributed by atoms with van der Waals surface area (Å²) in [5.41, 5.74) is 2.86. The van der Waals surface area contributed by atoms with Crippen LogP contribution in [0.25, 0.3) is 11.0 Å². The average molecular weight is 352 g/mol. The number of hydrogen-bond acceptors (Lipinski definition) is 5. The van der Waals surface area contributed by atoms with Crippen molar-refractivity contribution in [2.75, 3.05) is 0 Å². The molecule has 3 rings (SSSR count). The number of nitrogens with zero attached hydrogens (tertiary/aromatic N) is 2. The zero-order valence-electron chi connectivity index (χ0n) is 14.7. The minimum atomic E-state index is -1.01. The number of aryl methyl sites for hydroxylation is 1. The van der Waals surface area contributed by atoms with Gasteiger partial charge in [0.25, 0.3) is 0 Å². The Balaban J connectivity index is 1.72. The fraction of sp³-hybridized carbons (Fsp3) is 0.250. The lowest BCUT2D eigenvalue weighted by molar-refractivity contribution is -0.144. The summed E-state index contributed by atoms with van der Waals surface area (Å²) in [7, 11) is 0. The van der Waals surface area contributed by atoms with Crippen molar-refractivity contribution in [2.24, 2.45) is 0 Å². The molecule has 0 radical (unpaired) electrons. The summed E-state index contributed by atoms with van der Waals surface area (Å²) in [5.74, 6) is 0.407. The van der Waals surface area contributed by atoms with Crippen LogP contribution in [0.4, 0.5) is 0 Å². The molecule has 0 aliphatic rings. The molecule has 6 nitrogen and oxygen atoms in total. The first-order valence-corrected chi connectivity index (χ1v) is 8.48. The van der Waals surface area contributed by atoms with Crippen LogP contribution in [0, 0.1) is 0 Å². The number of aliphatic carboxylic acids is 1. The van der Waals surface area contributed by atoms with Crippen LogP contribution in [0.15, 0.2) is 48.7 Å². The number of carbonyl (C=O) groups is 1. The lowest BCUT2D eigenvalue weighted by Gasteiger charge is -2.11. The Morgan fingerprint density at radius 2 is 1.85 bits per heavy atom. The minimum Gasteiger partial charge on any atom is -0.479 e. The normalized spacial score (nSPS) is 11.9. The monoisotopic (exact) mass is 352 g/mol. The summed E-state index contributed by atoms with van der Waals surface area (Å²) < 4.78 is 11.0. The van der Waals surface area contributed by atoms with Gasteiger partial charge in [-0.25, -0.2) is 14.8 Å². The molecule has 134 valence electrons. The van der Waals surface area contributed by atoms with Gasteiger partial charge in [0.2, 0.25) is 5.88 Å². The number of carboxylic acids is 1. The predicted octanol–water partition coefficient (Wildman–Crippen LogP) is 4.23. The van der Waals surface area contributed by atoms with E-state index in [1.54, 1.807) is 30.5 Å². The smallest absolute Gasteiger partial charge is 0.344 e. The summed E-state index contributed by atoms with van der Waals surface area (Å²) in [6.45, 7) is 3.62. The van der Waals surface area contributed by atoms with Crippen molar-refractivity contribution in [1.82, 2.24) is 9.97 Å². The van der Waals surface area contributed by atoms with Gasteiger partial charge in [-0.15, -0.1) is 0 Å². The predicted molar refractivity (Wildman–Crippen MR) is 97.8 cm³/mol. The molecule has 1 heterocycles. The Bertz CT molecular complexity index is 909. The van der Waals surface area contributed by atoms with E-state index in [1.165, 1.54) is 12.5 Å². The Morgan fingerprint density at radius 3 is 2.54 bits per heavy atom. The highest BCUT2D eigenvalue weighted by molar-refractivity contribution is 5.75. The van der Waals surface area contributed by atoms with Crippen LogP contribution in [-0.4, -0.2) is 27.1 Å². The Morgan fingerprint density at radius 1 is 1.12 bits per heavy atom. The molecule has 26 heavy (non-hydrogen) atoms. The van der Waals surface area contributed by atoms with Gasteiger partial charge in [0.15, 0.2) is 6.10 Å². The van der Waals surface area contributed by atoms with Crippen molar-refractivity contribution in [3.8, 4) is 17.4 Å². The molecule has 0 fully saturated rings. The Hall–Kier alpha value is -3.15. The summed E-state index contributed by atoms with van der Waals surface area (Å²) in [6, 6.07) is 12.7. The van der Waals surface area contributed by atoms with Crippen LogP contribution in [0.2, 0.25) is 0 Å². The summed E-state index contributed by atoms with van der Waals surface area (Å²) in [6.07, 6.45) is 2.79. The topological polar surface area (TPSA) is 81.5 Å². The third-order valence-corrected chi connectivity index (χ3v) is 3.83. The van der Waals surface area contributed by atoms with Gasteiger partial charge < -0.3 is 14.6 Å². The number of carboxylic acid groups (broad SMARTS) is 1. The highest BCUT2D eigenvalue weighted by Gasteiger charge is 2.12. The SMILES string of the molecule is CCCc1ccc2nc(Oc3ccc(OC(C)C(=O)O)cc3)cnc2c1. The van der Waals surface area contributed by atoms with Gasteiger partial charge in [-0.1, -0.05) is 19.4 Å². The van der Waals surface area contributed by atoms with E-state index in [0.717, 1.165) is 23.9 Å². The Kier molecular flexibility index (Phi) is 5.31. The third kappa shape index (κ3) is 4.27. The van der Waals surface area contributed by atoms with Crippen LogP contribution >= 0.6 is 0 Å². The van der Waals surface area contributed by atoms with Gasteiger partial charge in [0.1, 0.15) is 11.5 Å². The fourth-order valence-electron chi connectivity index (χ4n) is 2.49. The fourth-order valence-corrected chi connectivity index (χ4v) is 2.49. The number of hydrogen-bond donors (Lipinski definition) is 1. The maximum absolute atomic E-state index is 10.8. The molecule has 0 bridgehead atoms. The first-order valence-electron chi connectivity index (χ1n) is 8.48.